The molecule has 3 N–H and O–H groups in total. The van der Waals surface area contributed by atoms with Gasteiger partial charge in [-0.1, -0.05) is 19.8 Å². The van der Waals surface area contributed by atoms with E-state index >= 15 is 0 Å². The summed E-state index contributed by atoms with van der Waals surface area (Å²) in [5.74, 6) is -0.118. The number of amides is 1. The van der Waals surface area contributed by atoms with Crippen molar-refractivity contribution in [2.75, 3.05) is 11.4 Å². The third-order valence-electron chi connectivity index (χ3n) is 5.71. The van der Waals surface area contributed by atoms with Crippen LogP contribution in [0, 0.1) is 37.9 Å². The minimum absolute atomic E-state index is 0.152. The number of carboxylic acid groups (broad SMARTS) is 1. The molecule has 0 fully saturated rings. The predicted molar refractivity (Wildman–Crippen MR) is 132 cm³/mol. The van der Waals surface area contributed by atoms with Gasteiger partial charge in [-0.3, -0.25) is 9.59 Å². The first kappa shape index (κ1) is 25.4. The maximum absolute atomic E-state index is 14.9. The van der Waals surface area contributed by atoms with Crippen molar-refractivity contribution in [3.05, 3.63) is 69.0 Å². The van der Waals surface area contributed by atoms with Crippen LogP contribution in [0.5, 0.6) is 0 Å². The van der Waals surface area contributed by atoms with Crippen molar-refractivity contribution in [3.63, 3.8) is 0 Å². The molecule has 0 unspecified atom stereocenters. The molecule has 0 bridgehead atoms. The van der Waals surface area contributed by atoms with E-state index in [9.17, 15) is 23.9 Å². The number of carboxylic acids is 1. The van der Waals surface area contributed by atoms with E-state index in [1.54, 1.807) is 37.8 Å². The van der Waals surface area contributed by atoms with Gasteiger partial charge in [-0.15, -0.1) is 6.42 Å². The van der Waals surface area contributed by atoms with Crippen molar-refractivity contribution in [2.45, 2.75) is 40.3 Å². The number of carbonyl (C=O) groups excluding carboxylic acids is 1. The van der Waals surface area contributed by atoms with Crippen molar-refractivity contribution in [3.8, 4) is 12.3 Å². The second-order valence-electron chi connectivity index (χ2n) is 8.70. The van der Waals surface area contributed by atoms with Crippen molar-refractivity contribution in [1.29, 1.82) is 0 Å². The number of H-pyrrole nitrogens is 1. The van der Waals surface area contributed by atoms with E-state index in [1.807, 2.05) is 13.0 Å². The largest absolute Gasteiger partial charge is 0.480 e. The summed E-state index contributed by atoms with van der Waals surface area (Å²) in [5, 5.41) is 12.1. The van der Waals surface area contributed by atoms with Crippen molar-refractivity contribution >= 4 is 28.5 Å². The number of hydrogen-bond donors (Lipinski definition) is 3. The highest BCUT2D eigenvalue weighted by molar-refractivity contribution is 5.97. The van der Waals surface area contributed by atoms with Gasteiger partial charge in [0.25, 0.3) is 11.5 Å². The van der Waals surface area contributed by atoms with Crippen molar-refractivity contribution in [1.82, 2.24) is 15.3 Å². The minimum Gasteiger partial charge on any atom is -0.480 e. The summed E-state index contributed by atoms with van der Waals surface area (Å²) in [6, 6.07) is 6.46. The number of aryl methyl sites for hydroxylation is 2. The van der Waals surface area contributed by atoms with Crippen LogP contribution in [0.1, 0.15) is 41.2 Å². The molecule has 0 aliphatic heterocycles. The summed E-state index contributed by atoms with van der Waals surface area (Å²) >= 11 is 0. The number of nitrogens with zero attached hydrogens (tertiary/aromatic N) is 2. The number of terminal acetylenes is 1. The highest BCUT2D eigenvalue weighted by atomic mass is 19.1. The third-order valence-corrected chi connectivity index (χ3v) is 5.71. The average Bonchev–Trinajstić information content (AvgIpc) is 2.77. The molecule has 1 atom stereocenters. The van der Waals surface area contributed by atoms with Crippen LogP contribution in [0.25, 0.3) is 10.9 Å². The Kier molecular flexibility index (Phi) is 7.55. The van der Waals surface area contributed by atoms with Gasteiger partial charge in [0.05, 0.1) is 23.0 Å². The van der Waals surface area contributed by atoms with E-state index in [4.69, 9.17) is 6.42 Å². The molecular weight excluding hydrogens is 451 g/mol. The van der Waals surface area contributed by atoms with Gasteiger partial charge in [-0.05, 0) is 61.2 Å². The first-order valence-electron chi connectivity index (χ1n) is 11.0. The number of nitrogens with one attached hydrogen (secondary N) is 2. The maximum Gasteiger partial charge on any atom is 0.326 e. The zero-order chi connectivity index (χ0) is 25.9. The molecule has 0 saturated heterocycles. The van der Waals surface area contributed by atoms with Gasteiger partial charge in [0.1, 0.15) is 17.7 Å². The molecule has 1 amide bonds. The number of halogens is 1. The Labute approximate surface area is 202 Å². The Morgan fingerprint density at radius 2 is 1.97 bits per heavy atom. The topological polar surface area (TPSA) is 115 Å². The fourth-order valence-electron chi connectivity index (χ4n) is 3.79. The van der Waals surface area contributed by atoms with Crippen molar-refractivity contribution < 1.29 is 19.1 Å². The molecule has 0 saturated carbocycles. The van der Waals surface area contributed by atoms with Gasteiger partial charge in [-0.25, -0.2) is 14.2 Å². The van der Waals surface area contributed by atoms with E-state index in [0.717, 1.165) is 11.1 Å². The van der Waals surface area contributed by atoms with Gasteiger partial charge < -0.3 is 20.3 Å². The van der Waals surface area contributed by atoms with Crippen LogP contribution in [0.4, 0.5) is 10.1 Å². The number of rotatable bonds is 8. The summed E-state index contributed by atoms with van der Waals surface area (Å²) < 4.78 is 14.9. The standard InChI is InChI=1S/C26H27FN4O4/c1-6-9-31(13-17-11-20-22(10-15(17)4)28-16(5)29-25(20)33)18-7-8-19(21(27)12-18)24(32)30-23(14(2)3)26(34)35/h1,7-8,10-12,14,23H,9,13H2,2-5H3,(H,30,32)(H,34,35)(H,28,29,33)/t23-/m1/s1. The fourth-order valence-corrected chi connectivity index (χ4v) is 3.79. The quantitative estimate of drug-likeness (QED) is 0.429. The molecule has 9 heteroatoms. The second-order valence-corrected chi connectivity index (χ2v) is 8.70. The SMILES string of the molecule is C#CCN(Cc1cc2c(=O)[nH]c(C)nc2cc1C)c1ccc(C(=O)N[C@@H](C(=O)O)C(C)C)c(F)c1. The molecule has 2 aromatic carbocycles. The Morgan fingerprint density at radius 3 is 2.57 bits per heavy atom. The molecule has 0 radical (unpaired) electrons. The van der Waals surface area contributed by atoms with Gasteiger partial charge >= 0.3 is 5.97 Å². The average molecular weight is 479 g/mol. The summed E-state index contributed by atoms with van der Waals surface area (Å²) in [7, 11) is 0. The van der Waals surface area contributed by atoms with E-state index < -0.39 is 23.7 Å². The van der Waals surface area contributed by atoms with Crippen LogP contribution < -0.4 is 15.8 Å². The van der Waals surface area contributed by atoms with Crippen molar-refractivity contribution in [2.24, 2.45) is 5.92 Å². The fraction of sp³-hybridized carbons (Fsp3) is 0.308. The molecule has 35 heavy (non-hydrogen) atoms. The van der Waals surface area contributed by atoms with Crippen LogP contribution in [0.15, 0.2) is 35.1 Å². The first-order chi connectivity index (χ1) is 16.5. The zero-order valence-electron chi connectivity index (χ0n) is 20.0. The minimum atomic E-state index is -1.19. The first-order valence-corrected chi connectivity index (χ1v) is 11.0. The highest BCUT2D eigenvalue weighted by Crippen LogP contribution is 2.24. The number of aromatic nitrogens is 2. The molecule has 3 rings (SSSR count). The molecule has 1 heterocycles. The molecule has 182 valence electrons. The highest BCUT2D eigenvalue weighted by Gasteiger charge is 2.25. The lowest BCUT2D eigenvalue weighted by Crippen LogP contribution is -2.44. The number of hydrogen-bond acceptors (Lipinski definition) is 5. The zero-order valence-corrected chi connectivity index (χ0v) is 20.0. The monoisotopic (exact) mass is 478 g/mol. The number of anilines is 1. The Balaban J connectivity index is 1.91. The normalized spacial score (nSPS) is 11.8. The molecule has 0 spiro atoms. The summed E-state index contributed by atoms with van der Waals surface area (Å²) in [6.45, 7) is 7.34. The van der Waals surface area contributed by atoms with Crippen LogP contribution in [-0.4, -0.2) is 39.5 Å². The summed E-state index contributed by atoms with van der Waals surface area (Å²) in [4.78, 5) is 45.1. The Bertz CT molecular complexity index is 1390. The Morgan fingerprint density at radius 1 is 1.26 bits per heavy atom. The second kappa shape index (κ2) is 10.4. The maximum atomic E-state index is 14.9. The van der Waals surface area contributed by atoms with E-state index in [-0.39, 0.29) is 23.6 Å². The molecule has 0 aliphatic carbocycles. The number of aromatic amines is 1. The van der Waals surface area contributed by atoms with Crippen LogP contribution in [0.3, 0.4) is 0 Å². The van der Waals surface area contributed by atoms with Gasteiger partial charge in [0.2, 0.25) is 0 Å². The lowest BCUT2D eigenvalue weighted by molar-refractivity contribution is -0.140. The summed E-state index contributed by atoms with van der Waals surface area (Å²) in [5.41, 5.74) is 2.20. The number of carbonyl (C=O) groups is 2. The van der Waals surface area contributed by atoms with E-state index in [1.165, 1.54) is 12.1 Å². The van der Waals surface area contributed by atoms with Gasteiger partial charge in [0, 0.05) is 12.2 Å². The predicted octanol–water partition coefficient (Wildman–Crippen LogP) is 3.16. The molecular formula is C26H27FN4O4. The lowest BCUT2D eigenvalue weighted by atomic mass is 10.0. The number of fused-ring (bicyclic) bond motifs is 1. The molecule has 3 aromatic rings. The van der Waals surface area contributed by atoms with E-state index in [0.29, 0.717) is 29.0 Å². The van der Waals surface area contributed by atoms with Crippen LogP contribution >= 0.6 is 0 Å². The van der Waals surface area contributed by atoms with Gasteiger partial charge in [0.15, 0.2) is 0 Å². The number of aliphatic carboxylic acids is 1. The van der Waals surface area contributed by atoms with Crippen LogP contribution in [-0.2, 0) is 11.3 Å². The lowest BCUT2D eigenvalue weighted by Gasteiger charge is -2.24. The van der Waals surface area contributed by atoms with Gasteiger partial charge in [-0.2, -0.15) is 0 Å². The molecule has 8 nitrogen and oxygen atoms in total. The molecule has 1 aromatic heterocycles. The smallest absolute Gasteiger partial charge is 0.326 e. The third kappa shape index (κ3) is 5.66. The Hall–Kier alpha value is -4.19. The van der Waals surface area contributed by atoms with E-state index in [2.05, 4.69) is 21.2 Å². The summed E-state index contributed by atoms with van der Waals surface area (Å²) in [6.07, 6.45) is 5.55. The molecule has 0 aliphatic rings. The number of benzene rings is 2. The van der Waals surface area contributed by atoms with Crippen LogP contribution in [0.2, 0.25) is 0 Å².